The van der Waals surface area contributed by atoms with E-state index in [0.717, 1.165) is 18.5 Å². The van der Waals surface area contributed by atoms with Crippen LogP contribution >= 0.6 is 0 Å². The highest BCUT2D eigenvalue weighted by atomic mass is 15.2. The fourth-order valence-corrected chi connectivity index (χ4v) is 2.59. The van der Waals surface area contributed by atoms with Gasteiger partial charge in [-0.25, -0.2) is 0 Å². The Balaban J connectivity index is 2.21. The monoisotopic (exact) mass is 226 g/mol. The van der Waals surface area contributed by atoms with Crippen LogP contribution in [0.4, 0.5) is 0 Å². The van der Waals surface area contributed by atoms with Gasteiger partial charge in [0.05, 0.1) is 0 Å². The van der Waals surface area contributed by atoms with E-state index in [1.54, 1.807) is 0 Å². The molecule has 2 unspecified atom stereocenters. The fraction of sp³-hybridized carbons (Fsp3) is 1.00. The van der Waals surface area contributed by atoms with Crippen molar-refractivity contribution in [3.63, 3.8) is 0 Å². The van der Waals surface area contributed by atoms with Crippen molar-refractivity contribution in [2.24, 2.45) is 5.92 Å². The minimum Gasteiger partial charge on any atom is -0.314 e. The molecule has 0 spiro atoms. The second-order valence-electron chi connectivity index (χ2n) is 5.66. The Labute approximate surface area is 102 Å². The van der Waals surface area contributed by atoms with Crippen LogP contribution in [0.1, 0.15) is 53.4 Å². The topological polar surface area (TPSA) is 15.3 Å². The first-order valence-corrected chi connectivity index (χ1v) is 7.11. The molecule has 0 aromatic rings. The van der Waals surface area contributed by atoms with E-state index in [2.05, 4.69) is 37.9 Å². The average molecular weight is 226 g/mol. The van der Waals surface area contributed by atoms with E-state index in [0.29, 0.717) is 6.04 Å². The molecule has 1 heterocycles. The number of nitrogens with zero attached hydrogens (tertiary/aromatic N) is 1. The minimum atomic E-state index is 0.622. The normalized spacial score (nSPS) is 24.9. The largest absolute Gasteiger partial charge is 0.314 e. The minimum absolute atomic E-state index is 0.622. The van der Waals surface area contributed by atoms with Gasteiger partial charge in [0.1, 0.15) is 0 Å². The smallest absolute Gasteiger partial charge is 0.00791 e. The fourth-order valence-electron chi connectivity index (χ4n) is 2.59. The van der Waals surface area contributed by atoms with Crippen LogP contribution in [0.2, 0.25) is 0 Å². The highest BCUT2D eigenvalue weighted by Gasteiger charge is 2.21. The van der Waals surface area contributed by atoms with E-state index in [4.69, 9.17) is 0 Å². The molecule has 16 heavy (non-hydrogen) atoms. The maximum Gasteiger partial charge on any atom is 0.00791 e. The van der Waals surface area contributed by atoms with Crippen LogP contribution in [0.5, 0.6) is 0 Å². The summed E-state index contributed by atoms with van der Waals surface area (Å²) in [5.41, 5.74) is 0. The molecule has 1 aliphatic rings. The van der Waals surface area contributed by atoms with Gasteiger partial charge in [-0.2, -0.15) is 0 Å². The second kappa shape index (κ2) is 7.29. The SMILES string of the molecule is CCC1CCCN(C(C)CCNC(C)C)C1. The van der Waals surface area contributed by atoms with Gasteiger partial charge in [0, 0.05) is 18.6 Å². The van der Waals surface area contributed by atoms with Crippen molar-refractivity contribution in [1.29, 1.82) is 0 Å². The van der Waals surface area contributed by atoms with Gasteiger partial charge < -0.3 is 10.2 Å². The van der Waals surface area contributed by atoms with E-state index in [9.17, 15) is 0 Å². The van der Waals surface area contributed by atoms with E-state index in [1.807, 2.05) is 0 Å². The van der Waals surface area contributed by atoms with Gasteiger partial charge in [-0.1, -0.05) is 27.2 Å². The number of likely N-dealkylation sites (tertiary alicyclic amines) is 1. The Hall–Kier alpha value is -0.0800. The molecule has 0 saturated carbocycles. The summed E-state index contributed by atoms with van der Waals surface area (Å²) in [5, 5.41) is 3.51. The van der Waals surface area contributed by atoms with Crippen LogP contribution < -0.4 is 5.32 Å². The lowest BCUT2D eigenvalue weighted by molar-refractivity contribution is 0.124. The first-order valence-electron chi connectivity index (χ1n) is 7.11. The van der Waals surface area contributed by atoms with Gasteiger partial charge in [-0.15, -0.1) is 0 Å². The lowest BCUT2D eigenvalue weighted by Crippen LogP contribution is -2.42. The summed E-state index contributed by atoms with van der Waals surface area (Å²) < 4.78 is 0. The van der Waals surface area contributed by atoms with Crippen LogP contribution in [0.15, 0.2) is 0 Å². The molecule has 0 radical (unpaired) electrons. The Morgan fingerprint density at radius 3 is 2.69 bits per heavy atom. The van der Waals surface area contributed by atoms with E-state index < -0.39 is 0 Å². The molecule has 1 N–H and O–H groups in total. The third-order valence-corrected chi connectivity index (χ3v) is 3.87. The average Bonchev–Trinajstić information content (AvgIpc) is 2.28. The summed E-state index contributed by atoms with van der Waals surface area (Å²) in [4.78, 5) is 2.69. The van der Waals surface area contributed by atoms with Gasteiger partial charge in [0.25, 0.3) is 0 Å². The molecule has 0 bridgehead atoms. The summed E-state index contributed by atoms with van der Waals surface area (Å²) in [6, 6.07) is 1.37. The molecular weight excluding hydrogens is 196 g/mol. The van der Waals surface area contributed by atoms with Crippen LogP contribution in [0.3, 0.4) is 0 Å². The Morgan fingerprint density at radius 2 is 2.06 bits per heavy atom. The van der Waals surface area contributed by atoms with Crippen molar-refractivity contribution in [1.82, 2.24) is 10.2 Å². The molecule has 0 aromatic heterocycles. The number of hydrogen-bond acceptors (Lipinski definition) is 2. The third kappa shape index (κ3) is 4.84. The molecule has 2 atom stereocenters. The Bertz CT molecular complexity index is 180. The molecule has 1 saturated heterocycles. The molecule has 0 aliphatic carbocycles. The Kier molecular flexibility index (Phi) is 6.37. The van der Waals surface area contributed by atoms with Crippen LogP contribution in [-0.2, 0) is 0 Å². The highest BCUT2D eigenvalue weighted by Crippen LogP contribution is 2.21. The zero-order chi connectivity index (χ0) is 12.0. The van der Waals surface area contributed by atoms with E-state index in [1.165, 1.54) is 38.8 Å². The molecular formula is C14H30N2. The number of nitrogens with one attached hydrogen (secondary N) is 1. The van der Waals surface area contributed by atoms with Gasteiger partial charge in [0.15, 0.2) is 0 Å². The van der Waals surface area contributed by atoms with Crippen LogP contribution in [0, 0.1) is 5.92 Å². The van der Waals surface area contributed by atoms with Crippen LogP contribution in [0.25, 0.3) is 0 Å². The van der Waals surface area contributed by atoms with Crippen molar-refractivity contribution in [2.45, 2.75) is 65.5 Å². The van der Waals surface area contributed by atoms with Gasteiger partial charge in [0.2, 0.25) is 0 Å². The maximum absolute atomic E-state index is 3.51. The Morgan fingerprint density at radius 1 is 1.31 bits per heavy atom. The lowest BCUT2D eigenvalue weighted by atomic mass is 9.94. The quantitative estimate of drug-likeness (QED) is 0.749. The van der Waals surface area contributed by atoms with Crippen LogP contribution in [-0.4, -0.2) is 36.6 Å². The molecule has 2 heteroatoms. The molecule has 1 fully saturated rings. The van der Waals surface area contributed by atoms with E-state index in [-0.39, 0.29) is 0 Å². The van der Waals surface area contributed by atoms with Crippen molar-refractivity contribution < 1.29 is 0 Å². The first kappa shape index (κ1) is 14.0. The highest BCUT2D eigenvalue weighted by molar-refractivity contribution is 4.77. The standard InChI is InChI=1S/C14H30N2/c1-5-14-7-6-10-16(11-14)13(4)8-9-15-12(2)3/h12-15H,5-11H2,1-4H3. The van der Waals surface area contributed by atoms with Crippen molar-refractivity contribution >= 4 is 0 Å². The lowest BCUT2D eigenvalue weighted by Gasteiger charge is -2.36. The zero-order valence-electron chi connectivity index (χ0n) is 11.6. The number of hydrogen-bond donors (Lipinski definition) is 1. The summed E-state index contributed by atoms with van der Waals surface area (Å²) in [7, 11) is 0. The summed E-state index contributed by atoms with van der Waals surface area (Å²) in [6.45, 7) is 13.0. The van der Waals surface area contributed by atoms with Crippen molar-refractivity contribution in [3.8, 4) is 0 Å². The molecule has 0 amide bonds. The van der Waals surface area contributed by atoms with E-state index >= 15 is 0 Å². The molecule has 96 valence electrons. The predicted octanol–water partition coefficient (Wildman–Crippen LogP) is 2.89. The van der Waals surface area contributed by atoms with Gasteiger partial charge in [-0.05, 0) is 45.2 Å². The zero-order valence-corrected chi connectivity index (χ0v) is 11.6. The molecule has 0 aromatic carbocycles. The number of rotatable bonds is 6. The van der Waals surface area contributed by atoms with Crippen molar-refractivity contribution in [3.05, 3.63) is 0 Å². The van der Waals surface area contributed by atoms with Gasteiger partial charge >= 0.3 is 0 Å². The maximum atomic E-state index is 3.51. The molecule has 1 aliphatic heterocycles. The third-order valence-electron chi connectivity index (χ3n) is 3.87. The van der Waals surface area contributed by atoms with Crippen molar-refractivity contribution in [2.75, 3.05) is 19.6 Å². The first-order chi connectivity index (χ1) is 7.63. The second-order valence-corrected chi connectivity index (χ2v) is 5.66. The summed E-state index contributed by atoms with van der Waals surface area (Å²) in [6.07, 6.45) is 5.49. The summed E-state index contributed by atoms with van der Waals surface area (Å²) >= 11 is 0. The molecule has 1 rings (SSSR count). The van der Waals surface area contributed by atoms with Gasteiger partial charge in [-0.3, -0.25) is 0 Å². The number of piperidine rings is 1. The predicted molar refractivity (Wildman–Crippen MR) is 71.8 cm³/mol. The molecule has 2 nitrogen and oxygen atoms in total. The summed E-state index contributed by atoms with van der Waals surface area (Å²) in [5.74, 6) is 0.953.